The summed E-state index contributed by atoms with van der Waals surface area (Å²) in [6.45, 7) is 11.1. The number of benzene rings is 4. The van der Waals surface area contributed by atoms with Crippen LogP contribution in [0, 0.1) is 0 Å². The Hall–Kier alpha value is -4.98. The van der Waals surface area contributed by atoms with Crippen molar-refractivity contribution in [3.05, 3.63) is 112 Å². The number of anilines is 2. The van der Waals surface area contributed by atoms with Gasteiger partial charge < -0.3 is 51.3 Å². The SMILES string of the molecule is CCN(CC)CCOc1ccc(Cc2ccccc2)cc1.O=C1c2c(O)ccc(O)c2C(=O)c2c(NCCNCCO)ccc(NCCNCCO)c21. The molecule has 12 heteroatoms. The van der Waals surface area contributed by atoms with Gasteiger partial charge in [-0.25, -0.2) is 0 Å². The van der Waals surface area contributed by atoms with Crippen LogP contribution in [-0.4, -0.2) is 116 Å². The molecule has 1 aliphatic carbocycles. The topological polar surface area (TPSA) is 176 Å². The van der Waals surface area contributed by atoms with Crippen molar-refractivity contribution in [2.45, 2.75) is 20.3 Å². The summed E-state index contributed by atoms with van der Waals surface area (Å²) in [7, 11) is 0. The number of rotatable bonds is 20. The minimum Gasteiger partial charge on any atom is -0.507 e. The maximum Gasteiger partial charge on any atom is 0.200 e. The number of nitrogens with zero attached hydrogens (tertiary/aromatic N) is 1. The van der Waals surface area contributed by atoms with Gasteiger partial charge in [0.1, 0.15) is 23.9 Å². The third kappa shape index (κ3) is 11.5. The molecule has 0 fully saturated rings. The first-order valence-corrected chi connectivity index (χ1v) is 18.2. The lowest BCUT2D eigenvalue weighted by Crippen LogP contribution is -2.28. The van der Waals surface area contributed by atoms with E-state index < -0.39 is 11.6 Å². The number of carbonyl (C=O) groups excluding carboxylic acids is 2. The summed E-state index contributed by atoms with van der Waals surface area (Å²) in [6, 6.07) is 24.7. The van der Waals surface area contributed by atoms with Crippen LogP contribution in [0.4, 0.5) is 11.4 Å². The van der Waals surface area contributed by atoms with E-state index in [4.69, 9.17) is 14.9 Å². The summed E-state index contributed by atoms with van der Waals surface area (Å²) in [5.41, 5.74) is 3.34. The smallest absolute Gasteiger partial charge is 0.200 e. The summed E-state index contributed by atoms with van der Waals surface area (Å²) >= 11 is 0. The highest BCUT2D eigenvalue weighted by Gasteiger charge is 2.37. The normalized spacial score (nSPS) is 11.8. The molecule has 53 heavy (non-hydrogen) atoms. The fourth-order valence-corrected chi connectivity index (χ4v) is 6.01. The summed E-state index contributed by atoms with van der Waals surface area (Å²) in [6.07, 6.45) is 0.973. The first-order valence-electron chi connectivity index (χ1n) is 18.2. The van der Waals surface area contributed by atoms with Crippen LogP contribution in [0.2, 0.25) is 0 Å². The van der Waals surface area contributed by atoms with Crippen LogP contribution in [0.15, 0.2) is 78.9 Å². The molecule has 0 aliphatic heterocycles. The third-order valence-corrected chi connectivity index (χ3v) is 8.83. The molecule has 5 rings (SSSR count). The molecule has 0 heterocycles. The van der Waals surface area contributed by atoms with Gasteiger partial charge in [-0.2, -0.15) is 0 Å². The zero-order valence-electron chi connectivity index (χ0n) is 30.7. The van der Waals surface area contributed by atoms with Gasteiger partial charge >= 0.3 is 0 Å². The molecule has 0 radical (unpaired) electrons. The monoisotopic (exact) mass is 727 g/mol. The average Bonchev–Trinajstić information content (AvgIpc) is 3.17. The van der Waals surface area contributed by atoms with Crippen molar-refractivity contribution < 1.29 is 34.8 Å². The number of ketones is 2. The zero-order valence-corrected chi connectivity index (χ0v) is 30.7. The fraction of sp³-hybridized carbons (Fsp3) is 0.366. The second-order valence-electron chi connectivity index (χ2n) is 12.4. The van der Waals surface area contributed by atoms with Crippen molar-refractivity contribution in [3.63, 3.8) is 0 Å². The number of aromatic hydroxyl groups is 2. The maximum absolute atomic E-state index is 13.4. The van der Waals surface area contributed by atoms with Crippen LogP contribution in [0.3, 0.4) is 0 Å². The maximum atomic E-state index is 13.4. The first-order chi connectivity index (χ1) is 25.8. The Balaban J connectivity index is 0.000000258. The molecule has 284 valence electrons. The Kier molecular flexibility index (Phi) is 16.6. The number of aliphatic hydroxyl groups is 2. The summed E-state index contributed by atoms with van der Waals surface area (Å²) < 4.78 is 5.80. The molecule has 0 bridgehead atoms. The molecule has 0 aromatic heterocycles. The molecule has 8 N–H and O–H groups in total. The van der Waals surface area contributed by atoms with Gasteiger partial charge in [0.25, 0.3) is 0 Å². The second-order valence-corrected chi connectivity index (χ2v) is 12.4. The number of ether oxygens (including phenoxy) is 1. The van der Waals surface area contributed by atoms with E-state index in [2.05, 4.69) is 94.6 Å². The van der Waals surface area contributed by atoms with E-state index in [-0.39, 0.29) is 47.0 Å². The molecule has 0 spiro atoms. The molecule has 0 atom stereocenters. The van der Waals surface area contributed by atoms with Gasteiger partial charge in [-0.15, -0.1) is 0 Å². The molecular weight excluding hydrogens is 674 g/mol. The number of phenolic OH excluding ortho intramolecular Hbond substituents is 2. The molecule has 4 aromatic carbocycles. The van der Waals surface area contributed by atoms with Crippen LogP contribution < -0.4 is 26.0 Å². The number of nitrogens with one attached hydrogen (secondary N) is 4. The van der Waals surface area contributed by atoms with Crippen LogP contribution in [-0.2, 0) is 6.42 Å². The first kappa shape index (κ1) is 40.8. The van der Waals surface area contributed by atoms with Gasteiger partial charge in [0.15, 0.2) is 0 Å². The molecule has 12 nitrogen and oxygen atoms in total. The summed E-state index contributed by atoms with van der Waals surface area (Å²) in [5.74, 6) is -0.904. The lowest BCUT2D eigenvalue weighted by atomic mass is 9.81. The fourth-order valence-electron chi connectivity index (χ4n) is 6.01. The Morgan fingerprint density at radius 1 is 0.585 bits per heavy atom. The lowest BCUT2D eigenvalue weighted by Gasteiger charge is -2.25. The van der Waals surface area contributed by atoms with Gasteiger partial charge in [-0.1, -0.05) is 56.3 Å². The van der Waals surface area contributed by atoms with Gasteiger partial charge in [-0.3, -0.25) is 9.59 Å². The Bertz CT molecular complexity index is 1670. The van der Waals surface area contributed by atoms with E-state index in [1.54, 1.807) is 12.1 Å². The third-order valence-electron chi connectivity index (χ3n) is 8.83. The van der Waals surface area contributed by atoms with Gasteiger partial charge in [0, 0.05) is 57.2 Å². The minimum atomic E-state index is -0.559. The lowest BCUT2D eigenvalue weighted by molar-refractivity contribution is 0.0975. The van der Waals surface area contributed by atoms with E-state index in [1.165, 1.54) is 23.3 Å². The number of likely N-dealkylation sites (N-methyl/N-ethyl adjacent to an activating group) is 1. The van der Waals surface area contributed by atoms with E-state index in [0.717, 1.165) is 38.4 Å². The molecule has 1 aliphatic rings. The highest BCUT2D eigenvalue weighted by atomic mass is 16.5. The molecule has 0 saturated heterocycles. The summed E-state index contributed by atoms with van der Waals surface area (Å²) in [4.78, 5) is 29.1. The quantitative estimate of drug-likeness (QED) is 0.0430. The Morgan fingerprint density at radius 3 is 1.55 bits per heavy atom. The number of fused-ring (bicyclic) bond motifs is 2. The van der Waals surface area contributed by atoms with Crippen molar-refractivity contribution in [2.75, 3.05) is 89.4 Å². The second kappa shape index (κ2) is 21.5. The largest absolute Gasteiger partial charge is 0.507 e. The van der Waals surface area contributed by atoms with Crippen molar-refractivity contribution in [3.8, 4) is 17.2 Å². The van der Waals surface area contributed by atoms with Crippen LogP contribution in [0.25, 0.3) is 0 Å². The average molecular weight is 728 g/mol. The highest BCUT2D eigenvalue weighted by molar-refractivity contribution is 6.33. The minimum absolute atomic E-state index is 0.00939. The van der Waals surface area contributed by atoms with Gasteiger partial charge in [-0.05, 0) is 67.0 Å². The van der Waals surface area contributed by atoms with E-state index >= 15 is 0 Å². The van der Waals surface area contributed by atoms with Gasteiger partial charge in [0.05, 0.1) is 35.5 Å². The molecule has 0 unspecified atom stereocenters. The highest BCUT2D eigenvalue weighted by Crippen LogP contribution is 2.42. The standard InChI is InChI=1S/C22H28N4O6.C19H25NO/c27-11-9-23-5-7-25-13-1-2-14(26-8-6-24-10-12-28)18-17(13)21(31)19-15(29)3-4-16(30)20(19)22(18)32;1-3-20(4-2)14-15-21-19-12-10-18(11-13-19)16-17-8-6-5-7-9-17/h1-4,23-30H,5-12H2;5-13H,3-4,14-16H2,1-2H3. The van der Waals surface area contributed by atoms with Crippen molar-refractivity contribution >= 4 is 22.9 Å². The van der Waals surface area contributed by atoms with Crippen LogP contribution in [0.5, 0.6) is 17.2 Å². The molecule has 0 saturated carbocycles. The molecule has 0 amide bonds. The number of aliphatic hydroxyl groups excluding tert-OH is 2. The zero-order chi connectivity index (χ0) is 38.0. The van der Waals surface area contributed by atoms with Crippen LogP contribution in [0.1, 0.15) is 56.8 Å². The van der Waals surface area contributed by atoms with E-state index in [0.29, 0.717) is 50.6 Å². The Labute approximate surface area is 311 Å². The van der Waals surface area contributed by atoms with Crippen molar-refractivity contribution in [1.82, 2.24) is 15.5 Å². The van der Waals surface area contributed by atoms with Crippen LogP contribution >= 0.6 is 0 Å². The molecular formula is C41H53N5O7. The molecule has 4 aromatic rings. The number of carbonyl (C=O) groups is 2. The van der Waals surface area contributed by atoms with E-state index in [9.17, 15) is 19.8 Å². The summed E-state index contributed by atoms with van der Waals surface area (Å²) in [5, 5.41) is 50.6. The Morgan fingerprint density at radius 2 is 1.08 bits per heavy atom. The number of phenols is 2. The number of hydrogen-bond donors (Lipinski definition) is 8. The van der Waals surface area contributed by atoms with E-state index in [1.807, 2.05) is 0 Å². The van der Waals surface area contributed by atoms with Gasteiger partial charge in [0.2, 0.25) is 11.6 Å². The predicted molar refractivity (Wildman–Crippen MR) is 209 cm³/mol. The van der Waals surface area contributed by atoms with Crippen molar-refractivity contribution in [2.24, 2.45) is 0 Å². The predicted octanol–water partition coefficient (Wildman–Crippen LogP) is 3.86. The van der Waals surface area contributed by atoms with Crippen molar-refractivity contribution in [1.29, 1.82) is 0 Å². The number of hydrogen-bond acceptors (Lipinski definition) is 12.